The summed E-state index contributed by atoms with van der Waals surface area (Å²) in [6, 6.07) is 4.76. The molecule has 0 bridgehead atoms. The topological polar surface area (TPSA) is 28.2 Å². The molecule has 0 aliphatic carbocycles. The van der Waals surface area contributed by atoms with Crippen molar-refractivity contribution in [2.45, 2.75) is 25.8 Å². The molecule has 1 saturated heterocycles. The summed E-state index contributed by atoms with van der Waals surface area (Å²) in [4.78, 5) is 6.92. The van der Waals surface area contributed by atoms with Gasteiger partial charge in [-0.05, 0) is 47.4 Å². The van der Waals surface area contributed by atoms with E-state index in [2.05, 4.69) is 50.2 Å². The summed E-state index contributed by atoms with van der Waals surface area (Å²) in [6.07, 6.45) is 4.26. The Morgan fingerprint density at radius 2 is 2.44 bits per heavy atom. The first kappa shape index (κ1) is 11.9. The number of aromatic nitrogens is 1. The van der Waals surface area contributed by atoms with Gasteiger partial charge in [-0.25, -0.2) is 4.98 Å². The number of nitrogens with one attached hydrogen (secondary N) is 1. The molecule has 1 fully saturated rings. The summed E-state index contributed by atoms with van der Waals surface area (Å²) >= 11 is 3.42. The fraction of sp³-hybridized carbons (Fsp3) is 0.583. The van der Waals surface area contributed by atoms with Crippen LogP contribution in [-0.4, -0.2) is 30.7 Å². The molecule has 1 unspecified atom stereocenters. The predicted molar refractivity (Wildman–Crippen MR) is 70.8 cm³/mol. The lowest BCUT2D eigenvalue weighted by molar-refractivity contribution is 0.618. The van der Waals surface area contributed by atoms with Gasteiger partial charge in [-0.3, -0.25) is 0 Å². The van der Waals surface area contributed by atoms with Crippen LogP contribution in [0.3, 0.4) is 0 Å². The van der Waals surface area contributed by atoms with Gasteiger partial charge in [0.05, 0.1) is 0 Å². The van der Waals surface area contributed by atoms with Crippen LogP contribution in [0.15, 0.2) is 22.8 Å². The number of halogens is 1. The molecule has 0 spiro atoms. The van der Waals surface area contributed by atoms with E-state index in [-0.39, 0.29) is 0 Å². The first-order valence-electron chi connectivity index (χ1n) is 5.90. The smallest absolute Gasteiger partial charge is 0.128 e. The van der Waals surface area contributed by atoms with Crippen LogP contribution >= 0.6 is 15.9 Å². The van der Waals surface area contributed by atoms with E-state index in [4.69, 9.17) is 0 Å². The van der Waals surface area contributed by atoms with E-state index >= 15 is 0 Å². The first-order chi connectivity index (χ1) is 7.81. The second kappa shape index (κ2) is 5.64. The largest absolute Gasteiger partial charge is 0.352 e. The number of pyridine rings is 1. The molecule has 1 aromatic rings. The lowest BCUT2D eigenvalue weighted by Gasteiger charge is -2.29. The Morgan fingerprint density at radius 3 is 3.00 bits per heavy atom. The van der Waals surface area contributed by atoms with E-state index in [1.54, 1.807) is 0 Å². The van der Waals surface area contributed by atoms with E-state index in [9.17, 15) is 0 Å². The summed E-state index contributed by atoms with van der Waals surface area (Å²) in [6.45, 7) is 5.51. The van der Waals surface area contributed by atoms with Crippen molar-refractivity contribution < 1.29 is 0 Å². The van der Waals surface area contributed by atoms with Gasteiger partial charge in [-0.2, -0.15) is 0 Å². The van der Waals surface area contributed by atoms with E-state index in [1.165, 1.54) is 6.42 Å². The minimum atomic E-state index is 0.605. The highest BCUT2D eigenvalue weighted by Crippen LogP contribution is 2.20. The molecule has 1 aliphatic heterocycles. The van der Waals surface area contributed by atoms with Crippen LogP contribution in [0, 0.1) is 0 Å². The molecular formula is C12H18BrN3. The Hall–Kier alpha value is -0.610. The average molecular weight is 284 g/mol. The highest BCUT2D eigenvalue weighted by atomic mass is 79.9. The van der Waals surface area contributed by atoms with Crippen LogP contribution in [-0.2, 0) is 0 Å². The summed E-state index contributed by atoms with van der Waals surface area (Å²) < 4.78 is 1.04. The molecule has 2 rings (SSSR count). The predicted octanol–water partition coefficient (Wildman–Crippen LogP) is 2.42. The highest BCUT2D eigenvalue weighted by molar-refractivity contribution is 9.10. The number of anilines is 1. The first-order valence-corrected chi connectivity index (χ1v) is 6.69. The number of rotatable bonds is 4. The molecule has 0 saturated carbocycles. The fourth-order valence-corrected chi connectivity index (χ4v) is 2.40. The minimum Gasteiger partial charge on any atom is -0.352 e. The molecule has 1 aliphatic rings. The molecule has 1 atom stereocenters. The Kier molecular flexibility index (Phi) is 4.18. The molecule has 4 heteroatoms. The zero-order valence-corrected chi connectivity index (χ0v) is 11.2. The summed E-state index contributed by atoms with van der Waals surface area (Å²) in [5, 5.41) is 3.41. The lowest BCUT2D eigenvalue weighted by Crippen LogP contribution is -2.38. The van der Waals surface area contributed by atoms with E-state index in [0.29, 0.717) is 6.04 Å². The molecule has 1 N–H and O–H groups in total. The van der Waals surface area contributed by atoms with Crippen molar-refractivity contribution in [3.63, 3.8) is 0 Å². The Morgan fingerprint density at radius 1 is 1.56 bits per heavy atom. The van der Waals surface area contributed by atoms with Gasteiger partial charge in [0, 0.05) is 29.8 Å². The second-order valence-electron chi connectivity index (χ2n) is 4.17. The van der Waals surface area contributed by atoms with Crippen molar-refractivity contribution in [2.75, 3.05) is 24.5 Å². The van der Waals surface area contributed by atoms with Crippen LogP contribution in [0.4, 0.5) is 5.82 Å². The van der Waals surface area contributed by atoms with E-state index < -0.39 is 0 Å². The van der Waals surface area contributed by atoms with E-state index in [1.807, 2.05) is 6.20 Å². The van der Waals surface area contributed by atoms with E-state index in [0.717, 1.165) is 36.3 Å². The molecule has 2 heterocycles. The molecule has 0 radical (unpaired) electrons. The zero-order valence-electron chi connectivity index (χ0n) is 9.62. The van der Waals surface area contributed by atoms with Crippen molar-refractivity contribution in [1.82, 2.24) is 10.3 Å². The monoisotopic (exact) mass is 283 g/mol. The van der Waals surface area contributed by atoms with Crippen LogP contribution in [0.25, 0.3) is 0 Å². The molecule has 0 aromatic carbocycles. The third-order valence-electron chi connectivity index (χ3n) is 2.95. The normalized spacial score (nSPS) is 20.0. The number of hydrogen-bond acceptors (Lipinski definition) is 3. The van der Waals surface area contributed by atoms with Crippen molar-refractivity contribution in [3.8, 4) is 0 Å². The van der Waals surface area contributed by atoms with Crippen LogP contribution in [0.5, 0.6) is 0 Å². The second-order valence-corrected chi connectivity index (χ2v) is 5.09. The van der Waals surface area contributed by atoms with Crippen LogP contribution in [0.1, 0.15) is 19.8 Å². The summed E-state index contributed by atoms with van der Waals surface area (Å²) in [7, 11) is 0. The van der Waals surface area contributed by atoms with Crippen molar-refractivity contribution >= 4 is 21.7 Å². The standard InChI is InChI=1S/C12H18BrN3/c1-2-7-16(11-5-6-14-9-11)12-4-3-10(13)8-15-12/h3-4,8,11,14H,2,5-7,9H2,1H3. The fourth-order valence-electron chi connectivity index (χ4n) is 2.17. The van der Waals surface area contributed by atoms with Gasteiger partial charge in [-0.1, -0.05) is 6.92 Å². The maximum absolute atomic E-state index is 4.49. The third kappa shape index (κ3) is 2.74. The van der Waals surface area contributed by atoms with Gasteiger partial charge in [0.25, 0.3) is 0 Å². The number of nitrogens with zero attached hydrogens (tertiary/aromatic N) is 2. The number of hydrogen-bond donors (Lipinski definition) is 1. The lowest BCUT2D eigenvalue weighted by atomic mass is 10.2. The van der Waals surface area contributed by atoms with Gasteiger partial charge < -0.3 is 10.2 Å². The SMILES string of the molecule is CCCN(c1ccc(Br)cn1)C1CCNC1. The molecule has 3 nitrogen and oxygen atoms in total. The van der Waals surface area contributed by atoms with Crippen molar-refractivity contribution in [3.05, 3.63) is 22.8 Å². The van der Waals surface area contributed by atoms with Crippen LogP contribution in [0.2, 0.25) is 0 Å². The van der Waals surface area contributed by atoms with Crippen molar-refractivity contribution in [2.24, 2.45) is 0 Å². The maximum Gasteiger partial charge on any atom is 0.128 e. The zero-order chi connectivity index (χ0) is 11.4. The Labute approximate surface area is 105 Å². The van der Waals surface area contributed by atoms with Gasteiger partial charge in [0.15, 0.2) is 0 Å². The van der Waals surface area contributed by atoms with Gasteiger partial charge in [0.1, 0.15) is 5.82 Å². The molecular weight excluding hydrogens is 266 g/mol. The average Bonchev–Trinajstić information content (AvgIpc) is 2.81. The third-order valence-corrected chi connectivity index (χ3v) is 3.41. The Balaban J connectivity index is 2.14. The minimum absolute atomic E-state index is 0.605. The van der Waals surface area contributed by atoms with Gasteiger partial charge >= 0.3 is 0 Å². The highest BCUT2D eigenvalue weighted by Gasteiger charge is 2.22. The van der Waals surface area contributed by atoms with Crippen LogP contribution < -0.4 is 10.2 Å². The molecule has 0 amide bonds. The maximum atomic E-state index is 4.49. The summed E-state index contributed by atoms with van der Waals surface area (Å²) in [5.74, 6) is 1.10. The van der Waals surface area contributed by atoms with Gasteiger partial charge in [-0.15, -0.1) is 0 Å². The Bertz CT molecular complexity index is 320. The molecule has 16 heavy (non-hydrogen) atoms. The van der Waals surface area contributed by atoms with Gasteiger partial charge in [0.2, 0.25) is 0 Å². The molecule has 88 valence electrons. The molecule has 1 aromatic heterocycles. The quantitative estimate of drug-likeness (QED) is 0.920. The summed E-state index contributed by atoms with van der Waals surface area (Å²) in [5.41, 5.74) is 0. The van der Waals surface area contributed by atoms with Crippen molar-refractivity contribution in [1.29, 1.82) is 0 Å².